The summed E-state index contributed by atoms with van der Waals surface area (Å²) >= 11 is 0. The van der Waals surface area contributed by atoms with Gasteiger partial charge in [-0.25, -0.2) is 4.68 Å². The van der Waals surface area contributed by atoms with Crippen LogP contribution in [0.5, 0.6) is 0 Å². The fourth-order valence-electron chi connectivity index (χ4n) is 2.29. The summed E-state index contributed by atoms with van der Waals surface area (Å²) < 4.78 is 1.64. The van der Waals surface area contributed by atoms with Gasteiger partial charge in [0.1, 0.15) is 17.1 Å². The average molecular weight is 245 g/mol. The average Bonchev–Trinajstić information content (AvgIpc) is 2.71. The van der Waals surface area contributed by atoms with Gasteiger partial charge in [-0.05, 0) is 32.9 Å². The van der Waals surface area contributed by atoms with Gasteiger partial charge in [-0.2, -0.15) is 0 Å². The van der Waals surface area contributed by atoms with Crippen molar-refractivity contribution in [3.05, 3.63) is 24.3 Å². The summed E-state index contributed by atoms with van der Waals surface area (Å²) in [6.45, 7) is 4.68. The van der Waals surface area contributed by atoms with E-state index in [1.165, 1.54) is 13.8 Å². The third-order valence-corrected chi connectivity index (χ3v) is 3.12. The van der Waals surface area contributed by atoms with Crippen LogP contribution in [0.3, 0.4) is 0 Å². The van der Waals surface area contributed by atoms with E-state index < -0.39 is 5.92 Å². The molecule has 5 nitrogen and oxygen atoms in total. The van der Waals surface area contributed by atoms with Gasteiger partial charge >= 0.3 is 0 Å². The fraction of sp³-hybridized carbons (Fsp3) is 0.385. The minimum atomic E-state index is -0.671. The number of hydrogen-bond donors (Lipinski definition) is 0. The smallest absolute Gasteiger partial charge is 0.142 e. The Balaban J connectivity index is 2.47. The van der Waals surface area contributed by atoms with Crippen molar-refractivity contribution in [3.8, 4) is 0 Å². The van der Waals surface area contributed by atoms with Gasteiger partial charge in [-0.3, -0.25) is 9.59 Å². The molecule has 0 radical (unpaired) electrons. The first-order valence-corrected chi connectivity index (χ1v) is 5.83. The van der Waals surface area contributed by atoms with Crippen LogP contribution in [0.25, 0.3) is 11.0 Å². The van der Waals surface area contributed by atoms with Crippen LogP contribution in [0.2, 0.25) is 0 Å². The number of benzene rings is 1. The first-order chi connectivity index (χ1) is 8.52. The van der Waals surface area contributed by atoms with E-state index >= 15 is 0 Å². The lowest BCUT2D eigenvalue weighted by atomic mass is 9.93. The van der Waals surface area contributed by atoms with Crippen LogP contribution in [0.15, 0.2) is 24.3 Å². The minimum absolute atomic E-state index is 0.144. The largest absolute Gasteiger partial charge is 0.299 e. The van der Waals surface area contributed by atoms with Crippen LogP contribution in [0.4, 0.5) is 0 Å². The van der Waals surface area contributed by atoms with E-state index in [0.29, 0.717) is 0 Å². The Morgan fingerprint density at radius 2 is 1.78 bits per heavy atom. The van der Waals surface area contributed by atoms with Crippen molar-refractivity contribution in [2.45, 2.75) is 26.8 Å². The topological polar surface area (TPSA) is 64.8 Å². The maximum atomic E-state index is 11.6. The zero-order chi connectivity index (χ0) is 13.3. The summed E-state index contributed by atoms with van der Waals surface area (Å²) in [5.74, 6) is -0.959. The molecule has 0 amide bonds. The summed E-state index contributed by atoms with van der Waals surface area (Å²) in [6.07, 6.45) is 0. The molecule has 0 aliphatic carbocycles. The Hall–Kier alpha value is -2.04. The lowest BCUT2D eigenvalue weighted by Gasteiger charge is -2.19. The molecule has 5 heteroatoms. The quantitative estimate of drug-likeness (QED) is 0.770. The lowest BCUT2D eigenvalue weighted by Crippen LogP contribution is -2.29. The van der Waals surface area contributed by atoms with Crippen LogP contribution >= 0.6 is 0 Å². The second-order valence-electron chi connectivity index (χ2n) is 4.46. The van der Waals surface area contributed by atoms with Gasteiger partial charge in [-0.1, -0.05) is 17.3 Å². The molecule has 1 aromatic carbocycles. The third-order valence-electron chi connectivity index (χ3n) is 3.12. The number of nitrogens with zero attached hydrogens (tertiary/aromatic N) is 3. The highest BCUT2D eigenvalue weighted by molar-refractivity contribution is 6.00. The number of ketones is 2. The molecule has 0 N–H and O–H groups in total. The summed E-state index contributed by atoms with van der Waals surface area (Å²) in [5.41, 5.74) is 1.59. The highest BCUT2D eigenvalue weighted by Crippen LogP contribution is 2.23. The van der Waals surface area contributed by atoms with Crippen LogP contribution in [-0.2, 0) is 9.59 Å². The van der Waals surface area contributed by atoms with Gasteiger partial charge in [0.25, 0.3) is 0 Å². The molecule has 0 aliphatic heterocycles. The molecule has 2 rings (SSSR count). The molecule has 2 aromatic rings. The van der Waals surface area contributed by atoms with Gasteiger partial charge in [0.05, 0.1) is 17.5 Å². The highest BCUT2D eigenvalue weighted by atomic mass is 16.1. The van der Waals surface area contributed by atoms with E-state index in [1.807, 2.05) is 31.2 Å². The summed E-state index contributed by atoms with van der Waals surface area (Å²) in [4.78, 5) is 23.2. The molecule has 0 fully saturated rings. The van der Waals surface area contributed by atoms with Crippen molar-refractivity contribution in [1.82, 2.24) is 15.0 Å². The first kappa shape index (κ1) is 12.4. The van der Waals surface area contributed by atoms with E-state index in [4.69, 9.17) is 0 Å². The van der Waals surface area contributed by atoms with Crippen LogP contribution in [0, 0.1) is 5.92 Å². The van der Waals surface area contributed by atoms with E-state index in [9.17, 15) is 9.59 Å². The number of fused-ring (bicyclic) bond motifs is 1. The van der Waals surface area contributed by atoms with Crippen LogP contribution in [-0.4, -0.2) is 26.6 Å². The third kappa shape index (κ3) is 2.03. The maximum absolute atomic E-state index is 11.6. The normalized spacial score (nSPS) is 12.9. The minimum Gasteiger partial charge on any atom is -0.299 e. The van der Waals surface area contributed by atoms with Crippen molar-refractivity contribution in [2.24, 2.45) is 5.92 Å². The number of carbonyl (C=O) groups excluding carboxylic acids is 2. The second kappa shape index (κ2) is 4.68. The van der Waals surface area contributed by atoms with E-state index in [1.54, 1.807) is 4.68 Å². The Morgan fingerprint density at radius 3 is 2.39 bits per heavy atom. The second-order valence-corrected chi connectivity index (χ2v) is 4.46. The molecule has 0 aliphatic rings. The highest BCUT2D eigenvalue weighted by Gasteiger charge is 2.29. The van der Waals surface area contributed by atoms with Crippen molar-refractivity contribution < 1.29 is 9.59 Å². The van der Waals surface area contributed by atoms with Crippen molar-refractivity contribution >= 4 is 22.6 Å². The zero-order valence-electron chi connectivity index (χ0n) is 10.6. The lowest BCUT2D eigenvalue weighted by molar-refractivity contribution is -0.132. The number of rotatable bonds is 4. The van der Waals surface area contributed by atoms with Crippen molar-refractivity contribution in [2.75, 3.05) is 0 Å². The molecule has 1 unspecified atom stereocenters. The standard InChI is InChI=1S/C13H15N3O2/c1-8(13(9(2)17)10(3)18)16-12-7-5-4-6-11(12)14-15-16/h4-8,13H,1-3H3. The predicted molar refractivity (Wildman–Crippen MR) is 67.1 cm³/mol. The van der Waals surface area contributed by atoms with E-state index in [0.717, 1.165) is 11.0 Å². The van der Waals surface area contributed by atoms with E-state index in [2.05, 4.69) is 10.3 Å². The molecule has 0 bridgehead atoms. The molecule has 0 saturated heterocycles. The Labute approximate surface area is 105 Å². The van der Waals surface area contributed by atoms with Crippen LogP contribution < -0.4 is 0 Å². The summed E-state index contributed by atoms with van der Waals surface area (Å²) in [7, 11) is 0. The maximum Gasteiger partial charge on any atom is 0.142 e. The number of para-hydroxylation sites is 1. The molecule has 94 valence electrons. The van der Waals surface area contributed by atoms with Gasteiger partial charge in [0.15, 0.2) is 0 Å². The van der Waals surface area contributed by atoms with Gasteiger partial charge in [0.2, 0.25) is 0 Å². The molecule has 1 atom stereocenters. The van der Waals surface area contributed by atoms with Crippen molar-refractivity contribution in [1.29, 1.82) is 0 Å². The summed E-state index contributed by atoms with van der Waals surface area (Å²) in [6, 6.07) is 7.16. The Morgan fingerprint density at radius 1 is 1.17 bits per heavy atom. The SMILES string of the molecule is CC(=O)C(C(C)=O)C(C)n1nnc2ccccc21. The Kier molecular flexibility index (Phi) is 3.23. The molecule has 0 spiro atoms. The molecular formula is C13H15N3O2. The molecule has 1 heterocycles. The predicted octanol–water partition coefficient (Wildman–Crippen LogP) is 1.79. The first-order valence-electron chi connectivity index (χ1n) is 5.83. The zero-order valence-corrected chi connectivity index (χ0v) is 10.6. The Bertz CT molecular complexity index is 589. The monoisotopic (exact) mass is 245 g/mol. The van der Waals surface area contributed by atoms with Crippen molar-refractivity contribution in [3.63, 3.8) is 0 Å². The van der Waals surface area contributed by atoms with Gasteiger partial charge in [-0.15, -0.1) is 5.10 Å². The van der Waals surface area contributed by atoms with Gasteiger partial charge in [0, 0.05) is 0 Å². The number of aromatic nitrogens is 3. The number of carbonyl (C=O) groups is 2. The number of Topliss-reactive ketones (excluding diaryl/α,β-unsaturated/α-hetero) is 2. The molecule has 0 saturated carbocycles. The van der Waals surface area contributed by atoms with E-state index in [-0.39, 0.29) is 17.6 Å². The molecule has 1 aromatic heterocycles. The fourth-order valence-corrected chi connectivity index (χ4v) is 2.29. The molecular weight excluding hydrogens is 230 g/mol. The molecule has 18 heavy (non-hydrogen) atoms. The van der Waals surface area contributed by atoms with Crippen LogP contribution in [0.1, 0.15) is 26.8 Å². The number of hydrogen-bond acceptors (Lipinski definition) is 4. The summed E-state index contributed by atoms with van der Waals surface area (Å²) in [5, 5.41) is 8.07. The van der Waals surface area contributed by atoms with Gasteiger partial charge < -0.3 is 0 Å².